The lowest BCUT2D eigenvalue weighted by Crippen LogP contribution is -2.18. The van der Waals surface area contributed by atoms with Gasteiger partial charge in [-0.2, -0.15) is 0 Å². The Hall–Kier alpha value is -1.81. The summed E-state index contributed by atoms with van der Waals surface area (Å²) < 4.78 is 0. The molecule has 1 rings (SSSR count). The molecule has 2 amide bonds. The minimum atomic E-state index is -0.318. The zero-order chi connectivity index (χ0) is 12.8. The van der Waals surface area contributed by atoms with E-state index in [1.54, 1.807) is 18.2 Å². The number of hydrogen-bond acceptors (Lipinski definition) is 2. The maximum absolute atomic E-state index is 11.1. The van der Waals surface area contributed by atoms with Crippen molar-refractivity contribution in [1.82, 2.24) is 5.32 Å². The number of rotatable bonds is 4. The van der Waals surface area contributed by atoms with Crippen LogP contribution >= 0.6 is 11.6 Å². The Balaban J connectivity index is 2.75. The van der Waals surface area contributed by atoms with E-state index in [4.69, 9.17) is 11.6 Å². The SMILES string of the molecule is C=CC(=O)Nc1ccc(CNC(C)=O)cc1Cl. The molecule has 17 heavy (non-hydrogen) atoms. The molecule has 0 bridgehead atoms. The Labute approximate surface area is 105 Å². The van der Waals surface area contributed by atoms with Crippen LogP contribution < -0.4 is 10.6 Å². The lowest BCUT2D eigenvalue weighted by Gasteiger charge is -2.08. The van der Waals surface area contributed by atoms with E-state index in [1.165, 1.54) is 13.0 Å². The second kappa shape index (κ2) is 6.06. The average Bonchev–Trinajstić information content (AvgIpc) is 2.29. The van der Waals surface area contributed by atoms with Crippen molar-refractivity contribution in [2.45, 2.75) is 13.5 Å². The monoisotopic (exact) mass is 252 g/mol. The minimum absolute atomic E-state index is 0.106. The summed E-state index contributed by atoms with van der Waals surface area (Å²) in [5, 5.41) is 5.65. The van der Waals surface area contributed by atoms with Gasteiger partial charge in [0.1, 0.15) is 0 Å². The fourth-order valence-corrected chi connectivity index (χ4v) is 1.43. The van der Waals surface area contributed by atoms with Gasteiger partial charge in [-0.15, -0.1) is 0 Å². The third kappa shape index (κ3) is 4.28. The van der Waals surface area contributed by atoms with E-state index in [1.807, 2.05) is 0 Å². The molecule has 0 radical (unpaired) electrons. The molecule has 0 aliphatic rings. The zero-order valence-corrected chi connectivity index (χ0v) is 10.2. The van der Waals surface area contributed by atoms with E-state index in [2.05, 4.69) is 17.2 Å². The molecule has 0 spiro atoms. The Kier molecular flexibility index (Phi) is 4.72. The molecular formula is C12H13ClN2O2. The van der Waals surface area contributed by atoms with Gasteiger partial charge in [0.15, 0.2) is 0 Å². The number of nitrogens with one attached hydrogen (secondary N) is 2. The summed E-state index contributed by atoms with van der Waals surface area (Å²) in [5.41, 5.74) is 1.38. The number of carbonyl (C=O) groups is 2. The Bertz CT molecular complexity index is 458. The third-order valence-electron chi connectivity index (χ3n) is 2.02. The molecule has 0 heterocycles. The Morgan fingerprint density at radius 2 is 2.18 bits per heavy atom. The molecule has 0 atom stereocenters. The molecule has 0 fully saturated rings. The molecule has 0 saturated heterocycles. The third-order valence-corrected chi connectivity index (χ3v) is 2.33. The molecule has 5 heteroatoms. The van der Waals surface area contributed by atoms with E-state index < -0.39 is 0 Å². The normalized spacial score (nSPS) is 9.53. The van der Waals surface area contributed by atoms with E-state index in [0.29, 0.717) is 17.3 Å². The highest BCUT2D eigenvalue weighted by Crippen LogP contribution is 2.23. The summed E-state index contributed by atoms with van der Waals surface area (Å²) in [6, 6.07) is 5.15. The largest absolute Gasteiger partial charge is 0.352 e. The minimum Gasteiger partial charge on any atom is -0.352 e. The van der Waals surface area contributed by atoms with Crippen LogP contribution in [0.5, 0.6) is 0 Å². The van der Waals surface area contributed by atoms with Gasteiger partial charge in [-0.3, -0.25) is 9.59 Å². The van der Waals surface area contributed by atoms with E-state index in [9.17, 15) is 9.59 Å². The molecular weight excluding hydrogens is 240 g/mol. The quantitative estimate of drug-likeness (QED) is 0.807. The zero-order valence-electron chi connectivity index (χ0n) is 9.42. The summed E-state index contributed by atoms with van der Waals surface area (Å²) in [6.07, 6.45) is 1.17. The topological polar surface area (TPSA) is 58.2 Å². The summed E-state index contributed by atoms with van der Waals surface area (Å²) in [6.45, 7) is 5.20. The first kappa shape index (κ1) is 13.3. The first-order chi connectivity index (χ1) is 8.02. The standard InChI is InChI=1S/C12H13ClN2O2/c1-3-12(17)15-11-5-4-9(6-10(11)13)7-14-8(2)16/h3-6H,1,7H2,2H3,(H,14,16)(H,15,17). The van der Waals surface area contributed by atoms with Crippen molar-refractivity contribution < 1.29 is 9.59 Å². The maximum Gasteiger partial charge on any atom is 0.247 e. The summed E-state index contributed by atoms with van der Waals surface area (Å²) in [7, 11) is 0. The van der Waals surface area contributed by atoms with Crippen LogP contribution in [0.3, 0.4) is 0 Å². The van der Waals surface area contributed by atoms with Gasteiger partial charge >= 0.3 is 0 Å². The van der Waals surface area contributed by atoms with Crippen LogP contribution in [0.4, 0.5) is 5.69 Å². The van der Waals surface area contributed by atoms with Crippen LogP contribution in [0.15, 0.2) is 30.9 Å². The van der Waals surface area contributed by atoms with Crippen molar-refractivity contribution in [1.29, 1.82) is 0 Å². The van der Waals surface area contributed by atoms with Gasteiger partial charge in [-0.25, -0.2) is 0 Å². The summed E-state index contributed by atoms with van der Waals surface area (Å²) in [4.78, 5) is 21.8. The first-order valence-corrected chi connectivity index (χ1v) is 5.37. The smallest absolute Gasteiger partial charge is 0.247 e. The van der Waals surface area contributed by atoms with Crippen LogP contribution in [-0.4, -0.2) is 11.8 Å². The molecule has 0 unspecified atom stereocenters. The summed E-state index contributed by atoms with van der Waals surface area (Å²) in [5.74, 6) is -0.424. The molecule has 0 aliphatic carbocycles. The van der Waals surface area contributed by atoms with Crippen molar-refractivity contribution in [3.63, 3.8) is 0 Å². The van der Waals surface area contributed by atoms with Gasteiger partial charge in [-0.05, 0) is 23.8 Å². The fourth-order valence-electron chi connectivity index (χ4n) is 1.18. The van der Waals surface area contributed by atoms with Crippen LogP contribution in [0, 0.1) is 0 Å². The number of carbonyl (C=O) groups excluding carboxylic acids is 2. The highest BCUT2D eigenvalue weighted by molar-refractivity contribution is 6.33. The number of anilines is 1. The maximum atomic E-state index is 11.1. The molecule has 2 N–H and O–H groups in total. The van der Waals surface area contributed by atoms with Crippen LogP contribution in [-0.2, 0) is 16.1 Å². The molecule has 90 valence electrons. The Morgan fingerprint density at radius 1 is 1.47 bits per heavy atom. The van der Waals surface area contributed by atoms with E-state index in [0.717, 1.165) is 5.56 Å². The van der Waals surface area contributed by atoms with Crippen LogP contribution in [0.2, 0.25) is 5.02 Å². The van der Waals surface area contributed by atoms with Crippen molar-refractivity contribution in [2.75, 3.05) is 5.32 Å². The van der Waals surface area contributed by atoms with Gasteiger partial charge in [0.05, 0.1) is 10.7 Å². The number of amides is 2. The fraction of sp³-hybridized carbons (Fsp3) is 0.167. The number of halogens is 1. The van der Waals surface area contributed by atoms with Gasteiger partial charge in [0.2, 0.25) is 11.8 Å². The molecule has 1 aromatic rings. The lowest BCUT2D eigenvalue weighted by molar-refractivity contribution is -0.119. The second-order valence-corrected chi connectivity index (χ2v) is 3.82. The molecule has 0 saturated carbocycles. The molecule has 0 aromatic heterocycles. The summed E-state index contributed by atoms with van der Waals surface area (Å²) >= 11 is 5.98. The highest BCUT2D eigenvalue weighted by Gasteiger charge is 2.04. The van der Waals surface area contributed by atoms with Crippen molar-refractivity contribution >= 4 is 29.1 Å². The van der Waals surface area contributed by atoms with Crippen molar-refractivity contribution in [3.05, 3.63) is 41.4 Å². The van der Waals surface area contributed by atoms with E-state index >= 15 is 0 Å². The second-order valence-electron chi connectivity index (χ2n) is 3.42. The van der Waals surface area contributed by atoms with Crippen LogP contribution in [0.1, 0.15) is 12.5 Å². The van der Waals surface area contributed by atoms with Gasteiger partial charge in [0, 0.05) is 13.5 Å². The van der Waals surface area contributed by atoms with Crippen molar-refractivity contribution in [2.24, 2.45) is 0 Å². The average molecular weight is 253 g/mol. The van der Waals surface area contributed by atoms with Crippen LogP contribution in [0.25, 0.3) is 0 Å². The predicted molar refractivity (Wildman–Crippen MR) is 67.8 cm³/mol. The van der Waals surface area contributed by atoms with Crippen molar-refractivity contribution in [3.8, 4) is 0 Å². The predicted octanol–water partition coefficient (Wildman–Crippen LogP) is 2.10. The Morgan fingerprint density at radius 3 is 2.71 bits per heavy atom. The molecule has 4 nitrogen and oxygen atoms in total. The lowest BCUT2D eigenvalue weighted by atomic mass is 10.2. The molecule has 0 aliphatic heterocycles. The number of hydrogen-bond donors (Lipinski definition) is 2. The number of benzene rings is 1. The van der Waals surface area contributed by atoms with Gasteiger partial charge in [0.25, 0.3) is 0 Å². The first-order valence-electron chi connectivity index (χ1n) is 4.99. The van der Waals surface area contributed by atoms with E-state index in [-0.39, 0.29) is 11.8 Å². The van der Waals surface area contributed by atoms with Gasteiger partial charge < -0.3 is 10.6 Å². The highest BCUT2D eigenvalue weighted by atomic mass is 35.5. The molecule has 1 aromatic carbocycles. The van der Waals surface area contributed by atoms with Gasteiger partial charge in [-0.1, -0.05) is 24.2 Å².